The zero-order valence-corrected chi connectivity index (χ0v) is 37.3. The molecule has 4 bridgehead atoms. The molecule has 60 heavy (non-hydrogen) atoms. The predicted octanol–water partition coefficient (Wildman–Crippen LogP) is 13.3. The second-order valence-electron chi connectivity index (χ2n) is 21.0. The first-order chi connectivity index (χ1) is 28.4. The molecule has 7 aromatic rings. The summed E-state index contributed by atoms with van der Waals surface area (Å²) in [6, 6.07) is 56.7. The molecular formula is C57H57BN2. The Bertz CT molecular complexity index is 2850. The van der Waals surface area contributed by atoms with Gasteiger partial charge in [-0.3, -0.25) is 0 Å². The molecule has 7 aromatic carbocycles. The third kappa shape index (κ3) is 5.83. The van der Waals surface area contributed by atoms with Crippen molar-refractivity contribution < 1.29 is 0 Å². The highest BCUT2D eigenvalue weighted by Crippen LogP contribution is 2.51. The fourth-order valence-electron chi connectivity index (χ4n) is 10.3. The maximum Gasteiger partial charge on any atom is 0.252 e. The Kier molecular flexibility index (Phi) is 8.39. The molecular weight excluding hydrogens is 723 g/mol. The van der Waals surface area contributed by atoms with Crippen LogP contribution in [0.15, 0.2) is 146 Å². The lowest BCUT2D eigenvalue weighted by atomic mass is 9.33. The average Bonchev–Trinajstić information content (AvgIpc) is 3.21. The number of aryl methyl sites for hydroxylation is 1. The van der Waals surface area contributed by atoms with Gasteiger partial charge in [0.25, 0.3) is 6.71 Å². The van der Waals surface area contributed by atoms with E-state index in [1.807, 2.05) is 0 Å². The van der Waals surface area contributed by atoms with Gasteiger partial charge in [0.1, 0.15) is 0 Å². The molecule has 0 aliphatic carbocycles. The van der Waals surface area contributed by atoms with Gasteiger partial charge in [-0.15, -0.1) is 0 Å². The van der Waals surface area contributed by atoms with Gasteiger partial charge in [0.15, 0.2) is 0 Å². The van der Waals surface area contributed by atoms with Crippen LogP contribution in [0.4, 0.5) is 34.1 Å². The number of anilines is 6. The number of benzene rings is 7. The first-order valence-electron chi connectivity index (χ1n) is 21.9. The first-order valence-corrected chi connectivity index (χ1v) is 21.9. The molecule has 1 atom stereocenters. The van der Waals surface area contributed by atoms with Crippen molar-refractivity contribution in [2.75, 3.05) is 9.80 Å². The largest absolute Gasteiger partial charge is 0.311 e. The van der Waals surface area contributed by atoms with Gasteiger partial charge in [-0.2, -0.15) is 0 Å². The number of nitrogens with zero attached hydrogens (tertiary/aromatic N) is 2. The highest BCUT2D eigenvalue weighted by atomic mass is 15.2. The van der Waals surface area contributed by atoms with Crippen molar-refractivity contribution in [2.24, 2.45) is 0 Å². The van der Waals surface area contributed by atoms with Gasteiger partial charge in [-0.05, 0) is 146 Å². The summed E-state index contributed by atoms with van der Waals surface area (Å²) in [4.78, 5) is 5.18. The van der Waals surface area contributed by atoms with Crippen molar-refractivity contribution in [1.29, 1.82) is 0 Å². The molecule has 0 saturated carbocycles. The number of fused-ring (bicyclic) bond motifs is 10. The zero-order chi connectivity index (χ0) is 42.1. The van der Waals surface area contributed by atoms with Gasteiger partial charge in [-0.1, -0.05) is 153 Å². The van der Waals surface area contributed by atoms with E-state index in [0.717, 1.165) is 0 Å². The standard InChI is InChI=1S/C57H57BN2/c1-36-30-51-53-52(31-36)60-48-28-23-40(55(5,6)7)33-45(48)37-16-15-19-42(32-37)57(11,39-17-13-12-14-18-39)43-22-27-46(50(60)35-43)58(53)47-34-41(56(8,9)10)24-29-49(47)59(51)44-25-20-38(21-26-44)54(2,3)4/h12-35H,1-11H3. The Morgan fingerprint density at radius 1 is 0.433 bits per heavy atom. The summed E-state index contributed by atoms with van der Waals surface area (Å²) in [5.41, 5.74) is 22.8. The van der Waals surface area contributed by atoms with Crippen molar-refractivity contribution in [3.05, 3.63) is 185 Å². The predicted molar refractivity (Wildman–Crippen MR) is 259 cm³/mol. The smallest absolute Gasteiger partial charge is 0.252 e. The van der Waals surface area contributed by atoms with Gasteiger partial charge in [0, 0.05) is 39.4 Å². The summed E-state index contributed by atoms with van der Waals surface area (Å²) >= 11 is 0. The molecule has 0 N–H and O–H groups in total. The van der Waals surface area contributed by atoms with Crippen LogP contribution in [0.3, 0.4) is 0 Å². The molecule has 1 unspecified atom stereocenters. The molecule has 0 saturated heterocycles. The van der Waals surface area contributed by atoms with E-state index in [2.05, 4.69) is 232 Å². The zero-order valence-electron chi connectivity index (χ0n) is 37.3. The highest BCUT2D eigenvalue weighted by molar-refractivity contribution is 7.00. The first kappa shape index (κ1) is 38.4. The highest BCUT2D eigenvalue weighted by Gasteiger charge is 2.45. The second-order valence-corrected chi connectivity index (χ2v) is 21.0. The maximum absolute atomic E-state index is 2.63. The normalized spacial score (nSPS) is 16.6. The molecule has 0 amide bonds. The topological polar surface area (TPSA) is 6.48 Å². The molecule has 3 aliphatic rings. The van der Waals surface area contributed by atoms with Gasteiger partial charge >= 0.3 is 0 Å². The summed E-state index contributed by atoms with van der Waals surface area (Å²) in [6.07, 6.45) is 0. The molecule has 298 valence electrons. The van der Waals surface area contributed by atoms with Gasteiger partial charge in [0.2, 0.25) is 0 Å². The van der Waals surface area contributed by atoms with E-state index in [9.17, 15) is 0 Å². The Morgan fingerprint density at radius 2 is 1.02 bits per heavy atom. The van der Waals surface area contributed by atoms with Crippen molar-refractivity contribution in [3.63, 3.8) is 0 Å². The third-order valence-electron chi connectivity index (χ3n) is 13.9. The molecule has 3 aliphatic heterocycles. The van der Waals surface area contributed by atoms with Crippen LogP contribution < -0.4 is 26.2 Å². The van der Waals surface area contributed by atoms with Crippen molar-refractivity contribution in [2.45, 2.75) is 97.8 Å². The molecule has 0 spiro atoms. The molecule has 2 nitrogen and oxygen atoms in total. The summed E-state index contributed by atoms with van der Waals surface area (Å²) in [7, 11) is 0. The van der Waals surface area contributed by atoms with Crippen LogP contribution in [-0.2, 0) is 21.7 Å². The molecule has 0 aromatic heterocycles. The van der Waals surface area contributed by atoms with E-state index in [4.69, 9.17) is 0 Å². The Labute approximate surface area is 359 Å². The minimum absolute atomic E-state index is 0.0110. The Hall–Kier alpha value is -5.80. The number of hydrogen-bond acceptors (Lipinski definition) is 2. The van der Waals surface area contributed by atoms with E-state index in [0.29, 0.717) is 0 Å². The van der Waals surface area contributed by atoms with E-state index < -0.39 is 5.41 Å². The number of rotatable bonds is 2. The van der Waals surface area contributed by atoms with Crippen LogP contribution in [0.2, 0.25) is 0 Å². The minimum atomic E-state index is -0.394. The monoisotopic (exact) mass is 780 g/mol. The molecule has 0 radical (unpaired) electrons. The second kappa shape index (κ2) is 13.1. The number of hydrogen-bond donors (Lipinski definition) is 0. The summed E-state index contributed by atoms with van der Waals surface area (Å²) < 4.78 is 0. The van der Waals surface area contributed by atoms with E-state index >= 15 is 0 Å². The molecule has 10 rings (SSSR count). The van der Waals surface area contributed by atoms with Crippen molar-refractivity contribution in [1.82, 2.24) is 0 Å². The quantitative estimate of drug-likeness (QED) is 0.161. The minimum Gasteiger partial charge on any atom is -0.311 e. The van der Waals surface area contributed by atoms with E-state index in [-0.39, 0.29) is 23.0 Å². The van der Waals surface area contributed by atoms with Crippen LogP contribution in [-0.4, -0.2) is 6.71 Å². The summed E-state index contributed by atoms with van der Waals surface area (Å²) in [5, 5.41) is 0. The van der Waals surface area contributed by atoms with Crippen LogP contribution in [0.1, 0.15) is 108 Å². The SMILES string of the molecule is Cc1cc2c3c(c1)N1c4cc(ccc4B3c3cc(C(C)(C)C)ccc3N2c2ccc(C(C)(C)C)cc2)C(C)(c2ccccc2)c2cccc(c2)-c2cc(C(C)(C)C)ccc21. The average molecular weight is 781 g/mol. The maximum atomic E-state index is 2.63. The lowest BCUT2D eigenvalue weighted by Gasteiger charge is -2.46. The molecule has 3 heteroatoms. The lowest BCUT2D eigenvalue weighted by Crippen LogP contribution is -2.61. The van der Waals surface area contributed by atoms with Crippen LogP contribution in [0.25, 0.3) is 11.1 Å². The molecule has 3 heterocycles. The third-order valence-corrected chi connectivity index (χ3v) is 13.9. The van der Waals surface area contributed by atoms with Gasteiger partial charge in [-0.25, -0.2) is 0 Å². The fourth-order valence-corrected chi connectivity index (χ4v) is 10.3. The van der Waals surface area contributed by atoms with Crippen LogP contribution in [0, 0.1) is 6.92 Å². The van der Waals surface area contributed by atoms with Crippen molar-refractivity contribution >= 4 is 57.2 Å². The summed E-state index contributed by atoms with van der Waals surface area (Å²) in [5.74, 6) is 0. The van der Waals surface area contributed by atoms with Gasteiger partial charge in [0.05, 0.1) is 5.69 Å². The van der Waals surface area contributed by atoms with Crippen LogP contribution in [0.5, 0.6) is 0 Å². The van der Waals surface area contributed by atoms with Gasteiger partial charge < -0.3 is 9.80 Å². The van der Waals surface area contributed by atoms with Crippen LogP contribution >= 0.6 is 0 Å². The Balaban J connectivity index is 1.34. The fraction of sp³-hybridized carbons (Fsp3) is 0.263. The van der Waals surface area contributed by atoms with E-state index in [1.54, 1.807) is 0 Å². The Morgan fingerprint density at radius 3 is 1.68 bits per heavy atom. The summed E-state index contributed by atoms with van der Waals surface area (Å²) in [6.45, 7) is 25.6. The van der Waals surface area contributed by atoms with E-state index in [1.165, 1.54) is 101 Å². The molecule has 0 fully saturated rings. The lowest BCUT2D eigenvalue weighted by molar-refractivity contribution is 0.590. The van der Waals surface area contributed by atoms with Crippen molar-refractivity contribution in [3.8, 4) is 11.1 Å².